The average Bonchev–Trinajstić information content (AvgIpc) is 2.81. The van der Waals surface area contributed by atoms with Gasteiger partial charge in [0.1, 0.15) is 5.75 Å². The molecule has 1 atom stereocenters. The Balaban J connectivity index is 1.85. The molecule has 1 unspecified atom stereocenters. The zero-order valence-electron chi connectivity index (χ0n) is 10.1. The molecule has 98 valence electrons. The summed E-state index contributed by atoms with van der Waals surface area (Å²) in [7, 11) is 0. The fourth-order valence-electron chi connectivity index (χ4n) is 2.09. The Morgan fingerprint density at radius 2 is 2.39 bits per heavy atom. The summed E-state index contributed by atoms with van der Waals surface area (Å²) in [6, 6.07) is 4.95. The number of primary amides is 1. The minimum Gasteiger partial charge on any atom is -0.494 e. The van der Waals surface area contributed by atoms with Crippen LogP contribution in [0.1, 0.15) is 23.2 Å². The number of carbonyl (C=O) groups excluding carboxylic acids is 1. The molecule has 0 aliphatic carbocycles. The van der Waals surface area contributed by atoms with E-state index in [1.165, 1.54) is 6.42 Å². The van der Waals surface area contributed by atoms with E-state index < -0.39 is 5.91 Å². The first-order valence-electron chi connectivity index (χ1n) is 6.09. The number of hydrogen-bond donors (Lipinski definition) is 2. The lowest BCUT2D eigenvalue weighted by Gasteiger charge is -2.10. The lowest BCUT2D eigenvalue weighted by molar-refractivity contribution is 0.100. The van der Waals surface area contributed by atoms with E-state index in [0.29, 0.717) is 28.9 Å². The van der Waals surface area contributed by atoms with Gasteiger partial charge < -0.3 is 15.8 Å². The quantitative estimate of drug-likeness (QED) is 0.856. The minimum atomic E-state index is -0.524. The highest BCUT2D eigenvalue weighted by atomic mass is 35.5. The number of hydrogen-bond acceptors (Lipinski definition) is 3. The molecule has 1 aromatic carbocycles. The predicted molar refractivity (Wildman–Crippen MR) is 71.1 cm³/mol. The van der Waals surface area contributed by atoms with E-state index in [1.807, 2.05) is 0 Å². The number of halogens is 1. The van der Waals surface area contributed by atoms with Gasteiger partial charge in [0.05, 0.1) is 17.2 Å². The Morgan fingerprint density at radius 3 is 3.00 bits per heavy atom. The summed E-state index contributed by atoms with van der Waals surface area (Å²) >= 11 is 5.94. The van der Waals surface area contributed by atoms with E-state index in [9.17, 15) is 4.79 Å². The molecule has 1 heterocycles. The highest BCUT2D eigenvalue weighted by Crippen LogP contribution is 2.23. The maximum atomic E-state index is 11.0. The molecule has 1 aliphatic rings. The Bertz CT molecular complexity index is 431. The Morgan fingerprint density at radius 1 is 1.56 bits per heavy atom. The summed E-state index contributed by atoms with van der Waals surface area (Å²) in [6.07, 6.45) is 2.24. The Labute approximate surface area is 111 Å². The molecular weight excluding hydrogens is 252 g/mol. The second kappa shape index (κ2) is 6.07. The van der Waals surface area contributed by atoms with Gasteiger partial charge in [0, 0.05) is 0 Å². The van der Waals surface area contributed by atoms with Gasteiger partial charge in [0.15, 0.2) is 0 Å². The van der Waals surface area contributed by atoms with Gasteiger partial charge in [-0.1, -0.05) is 11.6 Å². The van der Waals surface area contributed by atoms with Crippen LogP contribution in [0.2, 0.25) is 5.02 Å². The zero-order valence-corrected chi connectivity index (χ0v) is 10.9. The number of nitrogens with one attached hydrogen (secondary N) is 1. The summed E-state index contributed by atoms with van der Waals surface area (Å²) in [6.45, 7) is 2.84. The number of nitrogens with two attached hydrogens (primary N) is 1. The lowest BCUT2D eigenvalue weighted by Crippen LogP contribution is -2.12. The summed E-state index contributed by atoms with van der Waals surface area (Å²) in [5.74, 6) is 0.852. The smallest absolute Gasteiger partial charge is 0.250 e. The summed E-state index contributed by atoms with van der Waals surface area (Å²) < 4.78 is 5.62. The molecule has 1 aliphatic heterocycles. The third-order valence-electron chi connectivity index (χ3n) is 3.16. The maximum Gasteiger partial charge on any atom is 0.250 e. The van der Waals surface area contributed by atoms with Gasteiger partial charge in [-0.15, -0.1) is 0 Å². The maximum absolute atomic E-state index is 11.0. The molecule has 4 nitrogen and oxygen atoms in total. The van der Waals surface area contributed by atoms with Crippen LogP contribution in [0.5, 0.6) is 5.75 Å². The fourth-order valence-corrected chi connectivity index (χ4v) is 2.35. The van der Waals surface area contributed by atoms with Crippen LogP contribution in [-0.4, -0.2) is 25.6 Å². The molecule has 5 heteroatoms. The zero-order chi connectivity index (χ0) is 13.0. The average molecular weight is 269 g/mol. The molecule has 18 heavy (non-hydrogen) atoms. The first-order chi connectivity index (χ1) is 8.66. The van der Waals surface area contributed by atoms with Crippen molar-refractivity contribution in [2.24, 2.45) is 11.7 Å². The highest BCUT2D eigenvalue weighted by Gasteiger charge is 2.14. The Hall–Kier alpha value is -1.26. The second-order valence-corrected chi connectivity index (χ2v) is 4.91. The molecule has 0 bridgehead atoms. The van der Waals surface area contributed by atoms with Crippen molar-refractivity contribution >= 4 is 17.5 Å². The van der Waals surface area contributed by atoms with Crippen LogP contribution >= 0.6 is 11.6 Å². The molecule has 3 N–H and O–H groups in total. The van der Waals surface area contributed by atoms with Crippen LogP contribution in [0, 0.1) is 5.92 Å². The van der Waals surface area contributed by atoms with E-state index >= 15 is 0 Å². The van der Waals surface area contributed by atoms with Crippen molar-refractivity contribution in [3.05, 3.63) is 28.8 Å². The van der Waals surface area contributed by atoms with Crippen LogP contribution in [0.3, 0.4) is 0 Å². The number of rotatable bonds is 5. The number of carbonyl (C=O) groups is 1. The van der Waals surface area contributed by atoms with Gasteiger partial charge in [-0.2, -0.15) is 0 Å². The number of amides is 1. The molecule has 1 amide bonds. The summed E-state index contributed by atoms with van der Waals surface area (Å²) in [4.78, 5) is 11.0. The molecule has 1 aromatic rings. The van der Waals surface area contributed by atoms with Crippen LogP contribution in [-0.2, 0) is 0 Å². The van der Waals surface area contributed by atoms with Crippen molar-refractivity contribution in [2.75, 3.05) is 19.7 Å². The Kier molecular flexibility index (Phi) is 4.44. The molecule has 0 aromatic heterocycles. The van der Waals surface area contributed by atoms with E-state index in [1.54, 1.807) is 18.2 Å². The van der Waals surface area contributed by atoms with Crippen molar-refractivity contribution in [3.63, 3.8) is 0 Å². The van der Waals surface area contributed by atoms with Crippen molar-refractivity contribution in [1.29, 1.82) is 0 Å². The first-order valence-corrected chi connectivity index (χ1v) is 6.47. The molecule has 0 saturated carbocycles. The molecule has 2 rings (SSSR count). The topological polar surface area (TPSA) is 64.4 Å². The van der Waals surface area contributed by atoms with Gasteiger partial charge in [0.25, 0.3) is 0 Å². The van der Waals surface area contributed by atoms with Gasteiger partial charge in [-0.3, -0.25) is 4.79 Å². The molecule has 0 spiro atoms. The van der Waals surface area contributed by atoms with Gasteiger partial charge >= 0.3 is 0 Å². The SMILES string of the molecule is NC(=O)c1ccc(OCCC2CCNC2)cc1Cl. The second-order valence-electron chi connectivity index (χ2n) is 4.50. The van der Waals surface area contributed by atoms with Gasteiger partial charge in [-0.05, 0) is 50.0 Å². The van der Waals surface area contributed by atoms with E-state index in [0.717, 1.165) is 19.5 Å². The van der Waals surface area contributed by atoms with Crippen molar-refractivity contribution in [1.82, 2.24) is 5.32 Å². The highest BCUT2D eigenvalue weighted by molar-refractivity contribution is 6.33. The largest absolute Gasteiger partial charge is 0.494 e. The normalized spacial score (nSPS) is 18.8. The van der Waals surface area contributed by atoms with Crippen molar-refractivity contribution in [2.45, 2.75) is 12.8 Å². The minimum absolute atomic E-state index is 0.323. The number of ether oxygens (including phenoxy) is 1. The van der Waals surface area contributed by atoms with Crippen LogP contribution < -0.4 is 15.8 Å². The fraction of sp³-hybridized carbons (Fsp3) is 0.462. The van der Waals surface area contributed by atoms with Crippen LogP contribution in [0.25, 0.3) is 0 Å². The van der Waals surface area contributed by atoms with Crippen molar-refractivity contribution in [3.8, 4) is 5.75 Å². The van der Waals surface area contributed by atoms with Gasteiger partial charge in [0.2, 0.25) is 5.91 Å². The molecule has 1 fully saturated rings. The third-order valence-corrected chi connectivity index (χ3v) is 3.48. The van der Waals surface area contributed by atoms with E-state index in [-0.39, 0.29) is 0 Å². The molecule has 1 saturated heterocycles. The third kappa shape index (κ3) is 3.37. The first kappa shape index (κ1) is 13.2. The van der Waals surface area contributed by atoms with Crippen LogP contribution in [0.15, 0.2) is 18.2 Å². The van der Waals surface area contributed by atoms with Gasteiger partial charge in [-0.25, -0.2) is 0 Å². The molecule has 0 radical (unpaired) electrons. The lowest BCUT2D eigenvalue weighted by atomic mass is 10.1. The molecular formula is C13H17ClN2O2. The predicted octanol–water partition coefficient (Wildman–Crippen LogP) is 1.82. The number of benzene rings is 1. The standard InChI is InChI=1S/C13H17ClN2O2/c14-12-7-10(1-2-11(12)13(15)17)18-6-4-9-3-5-16-8-9/h1-2,7,9,16H,3-6,8H2,(H2,15,17). The summed E-state index contributed by atoms with van der Waals surface area (Å²) in [5, 5.41) is 3.66. The van der Waals surface area contributed by atoms with E-state index in [2.05, 4.69) is 5.32 Å². The van der Waals surface area contributed by atoms with Crippen LogP contribution in [0.4, 0.5) is 0 Å². The summed E-state index contributed by atoms with van der Waals surface area (Å²) in [5.41, 5.74) is 5.50. The van der Waals surface area contributed by atoms with E-state index in [4.69, 9.17) is 22.1 Å². The van der Waals surface area contributed by atoms with Crippen molar-refractivity contribution < 1.29 is 9.53 Å². The monoisotopic (exact) mass is 268 g/mol.